The number of nitrogens with one attached hydrogen (secondary N) is 1. The summed E-state index contributed by atoms with van der Waals surface area (Å²) in [6, 6.07) is 26.0. The van der Waals surface area contributed by atoms with Crippen molar-refractivity contribution in [1.82, 2.24) is 54.9 Å². The van der Waals surface area contributed by atoms with E-state index in [-0.39, 0.29) is 95.0 Å². The molecule has 10 heterocycles. The third kappa shape index (κ3) is 27.7. The monoisotopic (exact) mass is 2020 g/mol. The highest BCUT2D eigenvalue weighted by atomic mass is 35.5. The number of aromatic nitrogens is 6. The molecule has 0 unspecified atom stereocenters. The number of carbonyl (C=O) groups excluding carboxylic acids is 5. The number of Topliss-reactive ketones (excluding diaryl/α,β-unsaturated/α-hetero) is 1. The van der Waals surface area contributed by atoms with Gasteiger partial charge in [0.25, 0.3) is 5.91 Å². The van der Waals surface area contributed by atoms with Gasteiger partial charge in [0.1, 0.15) is 59.4 Å². The Hall–Kier alpha value is -11.8. The first-order valence-electron chi connectivity index (χ1n) is 44.8. The fourth-order valence-corrected chi connectivity index (χ4v) is 17.5. The molecule has 10 atom stereocenters. The molecule has 39 heteroatoms. The van der Waals surface area contributed by atoms with Crippen molar-refractivity contribution in [2.75, 3.05) is 49.9 Å². The summed E-state index contributed by atoms with van der Waals surface area (Å²) in [5.41, 5.74) is 34.1. The number of hydrogen-bond donors (Lipinski definition) is 6. The number of benzene rings is 7. The van der Waals surface area contributed by atoms with Gasteiger partial charge in [-0.2, -0.15) is 30.0 Å². The minimum Gasteiger partial charge on any atom is -0.480 e. The number of aromatic carboxylic acids is 1. The number of amides is 4. The van der Waals surface area contributed by atoms with Crippen LogP contribution in [0.25, 0.3) is 11.4 Å². The molecule has 29 nitrogen and oxygen atoms in total. The van der Waals surface area contributed by atoms with Crippen molar-refractivity contribution in [2.24, 2.45) is 15.0 Å². The molecule has 8 aliphatic rings. The van der Waals surface area contributed by atoms with Crippen LogP contribution in [0.2, 0.25) is 25.1 Å². The van der Waals surface area contributed by atoms with Crippen molar-refractivity contribution in [2.45, 2.75) is 254 Å². The second kappa shape index (κ2) is 46.1. The van der Waals surface area contributed by atoms with Crippen molar-refractivity contribution >= 4 is 151 Å². The number of aryl methyl sites for hydroxylation is 2. The highest BCUT2D eigenvalue weighted by molar-refractivity contribution is 6.33. The average Bonchev–Trinajstić information content (AvgIpc) is 1.62. The molecule has 0 saturated carbocycles. The molecule has 0 radical (unpaired) electrons. The smallest absolute Gasteiger partial charge is 0.411 e. The third-order valence-corrected chi connectivity index (χ3v) is 25.9. The number of carboxylic acids is 2. The van der Waals surface area contributed by atoms with Gasteiger partial charge < -0.3 is 51.8 Å². The van der Waals surface area contributed by atoms with E-state index in [0.717, 1.165) is 95.0 Å². The van der Waals surface area contributed by atoms with Gasteiger partial charge >= 0.3 is 30.2 Å². The summed E-state index contributed by atoms with van der Waals surface area (Å²) in [4.78, 5) is 106. The number of nitrogens with zero attached hydrogens (tertiary/aromatic N) is 13. The van der Waals surface area contributed by atoms with Crippen LogP contribution in [-0.2, 0) is 49.5 Å². The largest absolute Gasteiger partial charge is 0.480 e. The summed E-state index contributed by atoms with van der Waals surface area (Å²) in [5.74, 6) is -2.69. The number of aliphatic carboxylic acids is 1. The first-order chi connectivity index (χ1) is 64.7. The summed E-state index contributed by atoms with van der Waals surface area (Å²) in [7, 11) is 0. The number of carbonyl (C=O) groups is 7. The predicted octanol–water partition coefficient (Wildman–Crippen LogP) is 20.9. The van der Waals surface area contributed by atoms with E-state index in [2.05, 4.69) is 35.7 Å². The molecular weight excluding hydrogens is 1900 g/mol. The van der Waals surface area contributed by atoms with Crippen LogP contribution >= 0.6 is 58.0 Å². The maximum Gasteiger partial charge on any atom is 0.411 e. The van der Waals surface area contributed by atoms with E-state index in [1.54, 1.807) is 129 Å². The van der Waals surface area contributed by atoms with Crippen molar-refractivity contribution in [3.05, 3.63) is 219 Å². The second-order valence-electron chi connectivity index (χ2n) is 37.8. The van der Waals surface area contributed by atoms with Crippen LogP contribution in [0.15, 0.2) is 137 Å². The molecule has 0 bridgehead atoms. The van der Waals surface area contributed by atoms with Crippen LogP contribution in [0.4, 0.5) is 70.5 Å². The zero-order valence-corrected chi connectivity index (χ0v) is 83.3. The summed E-state index contributed by atoms with van der Waals surface area (Å²) in [6.45, 7) is 29.1. The molecule has 139 heavy (non-hydrogen) atoms. The van der Waals surface area contributed by atoms with Gasteiger partial charge in [-0.05, 0) is 240 Å². The van der Waals surface area contributed by atoms with E-state index in [4.69, 9.17) is 105 Å². The summed E-state index contributed by atoms with van der Waals surface area (Å²) in [6.07, 6.45) is 1.59. The maximum absolute atomic E-state index is 14.6. The second-order valence-corrected chi connectivity index (χ2v) is 39.8. The Labute approximate surface area is 830 Å². The molecule has 17 rings (SSSR count). The minimum absolute atomic E-state index is 0. The minimum atomic E-state index is -1.30. The number of ketones is 1. The molecule has 746 valence electrons. The van der Waals surface area contributed by atoms with Gasteiger partial charge in [-0.25, -0.2) is 45.9 Å². The van der Waals surface area contributed by atoms with Gasteiger partial charge in [-0.3, -0.25) is 39.3 Å². The first kappa shape index (κ1) is 109. The topological polar surface area (TPSA) is 389 Å². The van der Waals surface area contributed by atoms with Crippen LogP contribution < -0.4 is 22.5 Å². The Morgan fingerprint density at radius 3 is 1.22 bits per heavy atom. The zero-order valence-electron chi connectivity index (χ0n) is 79.5. The molecular formula is C100H119Cl5F5N17O12. The number of hydrogen-bond acceptors (Lipinski definition) is 21. The number of ether oxygens (including phenoxy) is 3. The van der Waals surface area contributed by atoms with Crippen LogP contribution in [0.1, 0.15) is 184 Å². The highest BCUT2D eigenvalue weighted by Gasteiger charge is 2.47. The number of anilines is 3. The lowest BCUT2D eigenvalue weighted by atomic mass is 9.98. The number of alkyl halides is 5. The normalized spacial score (nSPS) is 20.3. The van der Waals surface area contributed by atoms with E-state index in [1.807, 2.05) is 96.1 Å². The standard InChI is InChI=1S/C23H21ClFN5O.C18H24ClFN2O3.C18H22ClFN2O2.C13H14ClFN2.C10H16FNO4.C10H9N3O2.C7H9ClN2.CH4/c1-13-3-6-21(30-26-7-8-27-30)17(9-13)23(31)29-12-15(25)10-22(29)20-11-16-14(2)18(24)4-5-19(16)28-20;1-10-13(19)6-5-11(16(10)21)7-15(23)14-8-12(20)9-22(14)17(24)25-18(2,3)4;1-10-12-8-15(21-14(12)6-5-13(10)19)16-7-11(20)9-22(16)17(23)24-18(2,3)4;1-7-9-5-13(12-4-8(15)6-16-12)17-11(9)3-2-10(7)14;1-10(2,3)16-9(15)12-5-6(11)4-7(12)8(13)14;1-7-2-3-9(8(6-7)10(14)15)13-11-4-5-12-13;1-4-5(8)2-3-6(9)7(4)10;/h3-9,15,22H,10-12H2,1-2H3;5-6,12,14H,7-9,21H2,1-4H3;5-6,11,16H,7-9H2,1-4H3;2-3,8,12,16H,4-6H2,1H3;6-7H,4-5H2,1-3H3,(H,13,14);2-6H,1H3,(H,14,15);2-3H,9-10H2,1H3;1H4/t15-,22-;12-,14-;11-,16-;8-,12-;6-,7-;;;/m00000.../s1. The number of likely N-dealkylation sites (tertiary alicyclic amines) is 4. The number of halogens is 10. The molecule has 0 aliphatic carbocycles. The fourth-order valence-electron chi connectivity index (χ4n) is 16.7. The number of nitrogen functional groups attached to an aromatic ring is 3. The molecule has 2 aromatic heterocycles. The van der Waals surface area contributed by atoms with E-state index in [0.29, 0.717) is 91.0 Å². The van der Waals surface area contributed by atoms with Crippen LogP contribution in [0.5, 0.6) is 0 Å². The van der Waals surface area contributed by atoms with Gasteiger partial charge in [-0.15, -0.1) is 0 Å². The number of fused-ring (bicyclic) bond motifs is 3. The van der Waals surface area contributed by atoms with Gasteiger partial charge in [0.2, 0.25) is 0 Å². The SMILES string of the molecule is C.CC(C)(C)OC(=O)N1C[C@@H](F)C[C@H]1C(=O)O.Cc1c(Cl)ccc(CC(=O)[C@@H]2C[C@H](F)CN2C(=O)OC(C)(C)C)c1N.Cc1c(Cl)ccc(N)c1N.Cc1c(Cl)ccc2c1CC([C@@H]1C[C@H](F)CN1)=N2.Cc1c(Cl)ccc2c1CC([C@@H]1C[C@H](F)CN1C(=O)OC(C)(C)C)=N2.Cc1ccc(-n2nccn2)c(C(=O)N2C[C@@H](F)C[C@H]2C2=Nc3ccc(Cl)c(C)c3C2)c1.Cc1ccc(-n2nccn2)c(C(=O)O)c1. The molecule has 8 aliphatic heterocycles. The maximum atomic E-state index is 14.6. The van der Waals surface area contributed by atoms with Gasteiger partial charge in [-0.1, -0.05) is 94.8 Å². The van der Waals surface area contributed by atoms with E-state index < -0.39 is 96.0 Å². The van der Waals surface area contributed by atoms with Crippen molar-refractivity contribution < 1.29 is 79.9 Å². The lowest BCUT2D eigenvalue weighted by Crippen LogP contribution is -2.44. The molecule has 5 saturated heterocycles. The van der Waals surface area contributed by atoms with Gasteiger partial charge in [0.15, 0.2) is 5.78 Å². The molecule has 9 N–H and O–H groups in total. The van der Waals surface area contributed by atoms with E-state index in [1.165, 1.54) is 37.3 Å². The Bertz CT molecular complexity index is 6110. The zero-order chi connectivity index (χ0) is 101. The van der Waals surface area contributed by atoms with Gasteiger partial charge in [0, 0.05) is 118 Å². The Morgan fingerprint density at radius 1 is 0.432 bits per heavy atom. The van der Waals surface area contributed by atoms with E-state index in [9.17, 15) is 55.5 Å². The van der Waals surface area contributed by atoms with Gasteiger partial charge in [0.05, 0.1) is 114 Å². The Morgan fingerprint density at radius 2 is 0.791 bits per heavy atom. The lowest BCUT2D eigenvalue weighted by molar-refractivity contribution is -0.142. The summed E-state index contributed by atoms with van der Waals surface area (Å²) >= 11 is 30.3. The highest BCUT2D eigenvalue weighted by Crippen LogP contribution is 2.42. The Kier molecular flexibility index (Phi) is 36.2. The molecule has 7 aromatic carbocycles. The number of carboxylic acid groups (broad SMARTS) is 2. The Balaban J connectivity index is 0.000000171. The van der Waals surface area contributed by atoms with Crippen LogP contribution in [-0.4, -0.2) is 229 Å². The van der Waals surface area contributed by atoms with Crippen molar-refractivity contribution in [1.29, 1.82) is 0 Å². The molecule has 0 spiro atoms. The van der Waals surface area contributed by atoms with Crippen molar-refractivity contribution in [3.63, 3.8) is 0 Å². The summed E-state index contributed by atoms with van der Waals surface area (Å²) < 4.78 is 84.4. The fraction of sp³-hybridized carbons (Fsp3) is 0.440. The lowest BCUT2D eigenvalue weighted by Gasteiger charge is -2.28. The quantitative estimate of drug-likeness (QED) is 0.0398. The average molecular weight is 2020 g/mol. The summed E-state index contributed by atoms with van der Waals surface area (Å²) in [5, 5.41) is 40.5. The third-order valence-electron chi connectivity index (χ3n) is 23.9. The number of aliphatic imine (C=N–C) groups is 3. The van der Waals surface area contributed by atoms with Crippen LogP contribution in [0.3, 0.4) is 0 Å². The number of rotatable bonds is 11. The molecule has 9 aromatic rings. The first-order valence-corrected chi connectivity index (χ1v) is 46.7. The number of nitrogens with two attached hydrogens (primary N) is 3. The predicted molar refractivity (Wildman–Crippen MR) is 533 cm³/mol. The molecule has 5 fully saturated rings. The van der Waals surface area contributed by atoms with Crippen molar-refractivity contribution in [3.8, 4) is 11.4 Å². The van der Waals surface area contributed by atoms with E-state index >= 15 is 0 Å². The molecule has 4 amide bonds. The van der Waals surface area contributed by atoms with Crippen LogP contribution in [0, 0.1) is 48.5 Å².